The molecule has 1 aliphatic rings. The van der Waals surface area contributed by atoms with E-state index in [0.717, 1.165) is 40.4 Å². The molecule has 0 radical (unpaired) electrons. The van der Waals surface area contributed by atoms with Crippen molar-refractivity contribution >= 4 is 17.2 Å². The maximum absolute atomic E-state index is 13.2. The number of hydrogen-bond acceptors (Lipinski definition) is 4. The van der Waals surface area contributed by atoms with Gasteiger partial charge in [-0.25, -0.2) is 4.98 Å². The molecule has 0 saturated heterocycles. The summed E-state index contributed by atoms with van der Waals surface area (Å²) in [5, 5.41) is 3.03. The number of carbonyl (C=O) groups is 1. The minimum atomic E-state index is 0.0789. The molecule has 2 aromatic heterocycles. The first-order valence-corrected chi connectivity index (χ1v) is 9.94. The Labute approximate surface area is 157 Å². The van der Waals surface area contributed by atoms with Crippen molar-refractivity contribution in [1.29, 1.82) is 0 Å². The maximum Gasteiger partial charge on any atom is 0.254 e. The molecule has 1 amide bonds. The quantitative estimate of drug-likeness (QED) is 0.616. The van der Waals surface area contributed by atoms with E-state index in [4.69, 9.17) is 4.42 Å². The molecular weight excluding hydrogens is 344 g/mol. The lowest BCUT2D eigenvalue weighted by atomic mass is 10.1. The van der Waals surface area contributed by atoms with E-state index in [0.29, 0.717) is 12.6 Å². The fourth-order valence-electron chi connectivity index (χ4n) is 3.56. The minimum absolute atomic E-state index is 0.0789. The Balaban J connectivity index is 1.56. The lowest BCUT2D eigenvalue weighted by Gasteiger charge is -2.28. The summed E-state index contributed by atoms with van der Waals surface area (Å²) in [7, 11) is 0. The molecule has 4 nitrogen and oxygen atoms in total. The second kappa shape index (κ2) is 7.46. The van der Waals surface area contributed by atoms with Gasteiger partial charge in [-0.2, -0.15) is 0 Å². The lowest BCUT2D eigenvalue weighted by Crippen LogP contribution is -2.38. The molecular formula is C21H22N2O2S. The zero-order valence-corrected chi connectivity index (χ0v) is 15.7. The fraction of sp³-hybridized carbons (Fsp3) is 0.333. The molecule has 0 N–H and O–H groups in total. The van der Waals surface area contributed by atoms with Crippen LogP contribution in [0.25, 0.3) is 10.6 Å². The largest absolute Gasteiger partial charge is 0.467 e. The molecule has 1 saturated carbocycles. The number of thiazole rings is 1. The van der Waals surface area contributed by atoms with Gasteiger partial charge in [-0.15, -0.1) is 11.3 Å². The zero-order chi connectivity index (χ0) is 17.9. The fourth-order valence-corrected chi connectivity index (χ4v) is 4.36. The predicted octanol–water partition coefficient (Wildman–Crippen LogP) is 5.30. The molecule has 0 atom stereocenters. The number of aromatic nitrogens is 1. The highest BCUT2D eigenvalue weighted by atomic mass is 32.1. The van der Waals surface area contributed by atoms with Crippen LogP contribution < -0.4 is 0 Å². The molecule has 1 aromatic carbocycles. The molecule has 5 heteroatoms. The Bertz CT molecular complexity index is 862. The van der Waals surface area contributed by atoms with Gasteiger partial charge in [0.15, 0.2) is 0 Å². The molecule has 3 aromatic rings. The van der Waals surface area contributed by atoms with E-state index < -0.39 is 0 Å². The Hall–Kier alpha value is -2.40. The van der Waals surface area contributed by atoms with Crippen LogP contribution >= 0.6 is 11.3 Å². The molecule has 4 rings (SSSR count). The van der Waals surface area contributed by atoms with Crippen molar-refractivity contribution in [2.24, 2.45) is 0 Å². The van der Waals surface area contributed by atoms with Gasteiger partial charge in [0, 0.05) is 28.2 Å². The van der Waals surface area contributed by atoms with Crippen LogP contribution in [0, 0.1) is 6.92 Å². The maximum atomic E-state index is 13.2. The Morgan fingerprint density at radius 3 is 2.62 bits per heavy atom. The summed E-state index contributed by atoms with van der Waals surface area (Å²) in [6.45, 7) is 2.52. The monoisotopic (exact) mass is 366 g/mol. The van der Waals surface area contributed by atoms with Crippen molar-refractivity contribution in [3.63, 3.8) is 0 Å². The number of amides is 1. The molecule has 1 fully saturated rings. The highest BCUT2D eigenvalue weighted by Gasteiger charge is 2.28. The van der Waals surface area contributed by atoms with Crippen LogP contribution in [0.5, 0.6) is 0 Å². The topological polar surface area (TPSA) is 46.3 Å². The average Bonchev–Trinajstić information content (AvgIpc) is 3.42. The van der Waals surface area contributed by atoms with Gasteiger partial charge in [0.2, 0.25) is 0 Å². The number of furan rings is 1. The van der Waals surface area contributed by atoms with Gasteiger partial charge in [0.25, 0.3) is 5.91 Å². The Kier molecular flexibility index (Phi) is 4.89. The van der Waals surface area contributed by atoms with Crippen molar-refractivity contribution in [2.45, 2.75) is 45.2 Å². The van der Waals surface area contributed by atoms with Gasteiger partial charge in [-0.3, -0.25) is 4.79 Å². The molecule has 26 heavy (non-hydrogen) atoms. The highest BCUT2D eigenvalue weighted by molar-refractivity contribution is 7.13. The van der Waals surface area contributed by atoms with Crippen LogP contribution in [0.4, 0.5) is 0 Å². The SMILES string of the molecule is Cc1csc(-c2ccc(C(=O)N(Cc3ccco3)C3CCCC3)cc2)n1. The van der Waals surface area contributed by atoms with Gasteiger partial charge in [-0.05, 0) is 44.0 Å². The van der Waals surface area contributed by atoms with Gasteiger partial charge in [0.1, 0.15) is 10.8 Å². The summed E-state index contributed by atoms with van der Waals surface area (Å²) in [4.78, 5) is 19.7. The normalized spacial score (nSPS) is 14.7. The third-order valence-electron chi connectivity index (χ3n) is 4.93. The Morgan fingerprint density at radius 2 is 2.00 bits per heavy atom. The van der Waals surface area contributed by atoms with E-state index in [1.807, 2.05) is 53.6 Å². The third-order valence-corrected chi connectivity index (χ3v) is 5.94. The van der Waals surface area contributed by atoms with E-state index in [2.05, 4.69) is 4.98 Å². The number of nitrogens with zero attached hydrogens (tertiary/aromatic N) is 2. The van der Waals surface area contributed by atoms with Crippen LogP contribution in [0.1, 0.15) is 47.5 Å². The molecule has 2 heterocycles. The van der Waals surface area contributed by atoms with E-state index >= 15 is 0 Å². The molecule has 0 bridgehead atoms. The van der Waals surface area contributed by atoms with Crippen LogP contribution in [0.3, 0.4) is 0 Å². The minimum Gasteiger partial charge on any atom is -0.467 e. The molecule has 0 spiro atoms. The van der Waals surface area contributed by atoms with Crippen LogP contribution in [0.2, 0.25) is 0 Å². The first-order valence-electron chi connectivity index (χ1n) is 9.06. The molecule has 134 valence electrons. The second-order valence-electron chi connectivity index (χ2n) is 6.82. The summed E-state index contributed by atoms with van der Waals surface area (Å²) in [6, 6.07) is 11.9. The smallest absolute Gasteiger partial charge is 0.254 e. The summed E-state index contributed by atoms with van der Waals surface area (Å²) in [5.74, 6) is 0.912. The number of benzene rings is 1. The number of rotatable bonds is 5. The lowest BCUT2D eigenvalue weighted by molar-refractivity contribution is 0.0649. The van der Waals surface area contributed by atoms with Crippen molar-refractivity contribution in [1.82, 2.24) is 9.88 Å². The summed E-state index contributed by atoms with van der Waals surface area (Å²) in [6.07, 6.45) is 6.19. The Morgan fingerprint density at radius 1 is 1.23 bits per heavy atom. The average molecular weight is 366 g/mol. The number of aryl methyl sites for hydroxylation is 1. The number of hydrogen-bond donors (Lipinski definition) is 0. The second-order valence-corrected chi connectivity index (χ2v) is 7.68. The van der Waals surface area contributed by atoms with E-state index in [1.54, 1.807) is 17.6 Å². The third kappa shape index (κ3) is 3.58. The first-order chi connectivity index (χ1) is 12.7. The van der Waals surface area contributed by atoms with Gasteiger partial charge in [0.05, 0.1) is 12.8 Å². The standard InChI is InChI=1S/C21H22N2O2S/c1-15-14-26-20(22-15)16-8-10-17(11-9-16)21(24)23(18-5-2-3-6-18)13-19-7-4-12-25-19/h4,7-12,14,18H,2-3,5-6,13H2,1H3. The van der Waals surface area contributed by atoms with Crippen molar-refractivity contribution < 1.29 is 9.21 Å². The van der Waals surface area contributed by atoms with Gasteiger partial charge in [-0.1, -0.05) is 25.0 Å². The summed E-state index contributed by atoms with van der Waals surface area (Å²) < 4.78 is 5.49. The zero-order valence-electron chi connectivity index (χ0n) is 14.9. The molecule has 1 aliphatic carbocycles. The van der Waals surface area contributed by atoms with Crippen LogP contribution in [-0.4, -0.2) is 21.8 Å². The molecule has 0 aliphatic heterocycles. The van der Waals surface area contributed by atoms with E-state index in [9.17, 15) is 4.79 Å². The van der Waals surface area contributed by atoms with Crippen LogP contribution in [0.15, 0.2) is 52.5 Å². The van der Waals surface area contributed by atoms with Crippen molar-refractivity contribution in [3.05, 3.63) is 65.1 Å². The van der Waals surface area contributed by atoms with Crippen molar-refractivity contribution in [2.75, 3.05) is 0 Å². The van der Waals surface area contributed by atoms with E-state index in [1.165, 1.54) is 12.8 Å². The van der Waals surface area contributed by atoms with Gasteiger partial charge < -0.3 is 9.32 Å². The predicted molar refractivity (Wildman–Crippen MR) is 103 cm³/mol. The summed E-state index contributed by atoms with van der Waals surface area (Å²) >= 11 is 1.63. The highest BCUT2D eigenvalue weighted by Crippen LogP contribution is 2.28. The summed E-state index contributed by atoms with van der Waals surface area (Å²) in [5.41, 5.74) is 2.80. The first kappa shape index (κ1) is 17.0. The van der Waals surface area contributed by atoms with Crippen molar-refractivity contribution in [3.8, 4) is 10.6 Å². The van der Waals surface area contributed by atoms with Crippen LogP contribution in [-0.2, 0) is 6.54 Å². The van der Waals surface area contributed by atoms with Gasteiger partial charge >= 0.3 is 0 Å². The number of carbonyl (C=O) groups excluding carboxylic acids is 1. The van der Waals surface area contributed by atoms with E-state index in [-0.39, 0.29) is 5.91 Å². The molecule has 0 unspecified atom stereocenters.